The zero-order valence-electron chi connectivity index (χ0n) is 20.4. The fraction of sp³-hybridized carbons (Fsp3) is 0.481. The number of aliphatic hydroxyl groups is 1. The molecule has 0 aromatic heterocycles. The van der Waals surface area contributed by atoms with E-state index in [1.165, 1.54) is 5.56 Å². The molecule has 2 aromatic carbocycles. The molecule has 1 saturated carbocycles. The summed E-state index contributed by atoms with van der Waals surface area (Å²) in [6.45, 7) is 10.4. The van der Waals surface area contributed by atoms with Crippen LogP contribution in [0.25, 0.3) is 0 Å². The highest BCUT2D eigenvalue weighted by atomic mass is 16.3. The van der Waals surface area contributed by atoms with Gasteiger partial charge in [-0.25, -0.2) is 4.79 Å². The first-order valence-corrected chi connectivity index (χ1v) is 11.7. The summed E-state index contributed by atoms with van der Waals surface area (Å²) in [5.74, 6) is -0.00153. The van der Waals surface area contributed by atoms with Crippen LogP contribution in [-0.4, -0.2) is 34.5 Å². The van der Waals surface area contributed by atoms with E-state index in [1.54, 1.807) is 4.90 Å². The molecule has 6 nitrogen and oxygen atoms in total. The minimum atomic E-state index is -0.732. The maximum atomic E-state index is 13.1. The van der Waals surface area contributed by atoms with Gasteiger partial charge in [0.05, 0.1) is 12.6 Å². The van der Waals surface area contributed by atoms with E-state index in [0.717, 1.165) is 36.0 Å². The van der Waals surface area contributed by atoms with Crippen LogP contribution in [0.1, 0.15) is 68.4 Å². The smallest absolute Gasteiger partial charge is 0.322 e. The number of rotatable bonds is 7. The standard InChI is InChI=1S/C27H37N3O3/c1-18-9-12-21(15-19(18)2)24(31)17-30(23-7-6-8-23)26(33)29-22-13-10-20(11-14-22)16-28-25(32)27(3,4)5/h9-15,23-24,31H,6-8,16-17H2,1-5H3,(H,28,32)(H,29,33). The minimum Gasteiger partial charge on any atom is -0.387 e. The topological polar surface area (TPSA) is 81.7 Å². The molecule has 6 heteroatoms. The fourth-order valence-electron chi connectivity index (χ4n) is 3.71. The van der Waals surface area contributed by atoms with Gasteiger partial charge in [0.1, 0.15) is 0 Å². The van der Waals surface area contributed by atoms with Crippen molar-refractivity contribution < 1.29 is 14.7 Å². The van der Waals surface area contributed by atoms with Crippen LogP contribution < -0.4 is 10.6 Å². The summed E-state index contributed by atoms with van der Waals surface area (Å²) < 4.78 is 0. The number of benzene rings is 2. The molecule has 33 heavy (non-hydrogen) atoms. The van der Waals surface area contributed by atoms with Gasteiger partial charge in [0.25, 0.3) is 0 Å². The first-order valence-electron chi connectivity index (χ1n) is 11.7. The highest BCUT2D eigenvalue weighted by Crippen LogP contribution is 2.28. The summed E-state index contributed by atoms with van der Waals surface area (Å²) in [5, 5.41) is 16.7. The molecule has 0 aliphatic heterocycles. The molecule has 0 radical (unpaired) electrons. The van der Waals surface area contributed by atoms with Crippen molar-refractivity contribution in [1.29, 1.82) is 0 Å². The molecule has 1 fully saturated rings. The maximum Gasteiger partial charge on any atom is 0.322 e. The molecule has 1 atom stereocenters. The van der Waals surface area contributed by atoms with Crippen molar-refractivity contribution in [3.05, 3.63) is 64.7 Å². The van der Waals surface area contributed by atoms with E-state index >= 15 is 0 Å². The first kappa shape index (κ1) is 24.8. The Labute approximate surface area is 197 Å². The van der Waals surface area contributed by atoms with Crippen molar-refractivity contribution in [3.8, 4) is 0 Å². The Morgan fingerprint density at radius 1 is 1.06 bits per heavy atom. The molecule has 3 N–H and O–H groups in total. The van der Waals surface area contributed by atoms with Gasteiger partial charge >= 0.3 is 6.03 Å². The zero-order valence-corrected chi connectivity index (χ0v) is 20.4. The third-order valence-electron chi connectivity index (χ3n) is 6.40. The lowest BCUT2D eigenvalue weighted by atomic mass is 9.91. The van der Waals surface area contributed by atoms with Crippen molar-refractivity contribution in [1.82, 2.24) is 10.2 Å². The van der Waals surface area contributed by atoms with Crippen LogP contribution in [0.15, 0.2) is 42.5 Å². The second-order valence-electron chi connectivity index (χ2n) is 10.2. The van der Waals surface area contributed by atoms with Crippen LogP contribution in [0.2, 0.25) is 0 Å². The van der Waals surface area contributed by atoms with Gasteiger partial charge in [-0.3, -0.25) is 4.79 Å². The van der Waals surface area contributed by atoms with Crippen molar-refractivity contribution in [2.24, 2.45) is 5.41 Å². The number of carbonyl (C=O) groups excluding carboxylic acids is 2. The van der Waals surface area contributed by atoms with Gasteiger partial charge in [-0.1, -0.05) is 51.1 Å². The number of nitrogens with zero attached hydrogens (tertiary/aromatic N) is 1. The number of carbonyl (C=O) groups is 2. The average molecular weight is 452 g/mol. The predicted octanol–water partition coefficient (Wildman–Crippen LogP) is 5.09. The van der Waals surface area contributed by atoms with Crippen LogP contribution in [0.4, 0.5) is 10.5 Å². The highest BCUT2D eigenvalue weighted by Gasteiger charge is 2.31. The van der Waals surface area contributed by atoms with E-state index in [0.29, 0.717) is 12.2 Å². The number of anilines is 1. The van der Waals surface area contributed by atoms with Gasteiger partial charge in [0.2, 0.25) is 5.91 Å². The number of hydrogen-bond acceptors (Lipinski definition) is 3. The van der Waals surface area contributed by atoms with E-state index in [-0.39, 0.29) is 24.5 Å². The Kier molecular flexibility index (Phi) is 7.80. The molecule has 0 saturated heterocycles. The molecular formula is C27H37N3O3. The average Bonchev–Trinajstić information content (AvgIpc) is 2.72. The zero-order chi connectivity index (χ0) is 24.2. The van der Waals surface area contributed by atoms with Crippen molar-refractivity contribution in [2.75, 3.05) is 11.9 Å². The largest absolute Gasteiger partial charge is 0.387 e. The Balaban J connectivity index is 1.62. The maximum absolute atomic E-state index is 13.1. The molecule has 3 amide bonds. The molecule has 1 aliphatic carbocycles. The summed E-state index contributed by atoms with van der Waals surface area (Å²) in [7, 11) is 0. The number of amides is 3. The number of aliphatic hydroxyl groups excluding tert-OH is 1. The minimum absolute atomic E-state index is 0.00153. The molecule has 0 spiro atoms. The quantitative estimate of drug-likeness (QED) is 0.549. The normalized spacial score (nSPS) is 14.8. The number of nitrogens with one attached hydrogen (secondary N) is 2. The fourth-order valence-corrected chi connectivity index (χ4v) is 3.71. The lowest BCUT2D eigenvalue weighted by Gasteiger charge is -2.38. The van der Waals surface area contributed by atoms with Crippen LogP contribution >= 0.6 is 0 Å². The van der Waals surface area contributed by atoms with Crippen LogP contribution in [-0.2, 0) is 11.3 Å². The molecule has 3 rings (SSSR count). The summed E-state index contributed by atoms with van der Waals surface area (Å²) in [6.07, 6.45) is 2.28. The van der Waals surface area contributed by atoms with Gasteiger partial charge in [-0.05, 0) is 67.5 Å². The van der Waals surface area contributed by atoms with E-state index in [1.807, 2.05) is 77.1 Å². The summed E-state index contributed by atoms with van der Waals surface area (Å²) in [4.78, 5) is 26.9. The lowest BCUT2D eigenvalue weighted by molar-refractivity contribution is -0.128. The Hall–Kier alpha value is -2.86. The van der Waals surface area contributed by atoms with E-state index in [4.69, 9.17) is 0 Å². The summed E-state index contributed by atoms with van der Waals surface area (Å²) >= 11 is 0. The van der Waals surface area contributed by atoms with Crippen molar-refractivity contribution in [3.63, 3.8) is 0 Å². The van der Waals surface area contributed by atoms with Crippen LogP contribution in [0, 0.1) is 19.3 Å². The number of hydrogen-bond donors (Lipinski definition) is 3. The molecule has 1 unspecified atom stereocenters. The monoisotopic (exact) mass is 451 g/mol. The molecule has 1 aliphatic rings. The van der Waals surface area contributed by atoms with E-state index in [9.17, 15) is 14.7 Å². The van der Waals surface area contributed by atoms with Gasteiger partial charge in [-0.2, -0.15) is 0 Å². The van der Waals surface area contributed by atoms with E-state index in [2.05, 4.69) is 10.6 Å². The Morgan fingerprint density at radius 2 is 1.73 bits per heavy atom. The van der Waals surface area contributed by atoms with Gasteiger partial charge in [-0.15, -0.1) is 0 Å². The number of aryl methyl sites for hydroxylation is 2. The first-order chi connectivity index (χ1) is 15.5. The second kappa shape index (κ2) is 10.4. The third kappa shape index (κ3) is 6.57. The second-order valence-corrected chi connectivity index (χ2v) is 10.2. The summed E-state index contributed by atoms with van der Waals surface area (Å²) in [6, 6.07) is 13.4. The SMILES string of the molecule is Cc1ccc(C(O)CN(C(=O)Nc2ccc(CNC(=O)C(C)(C)C)cc2)C2CCC2)cc1C. The predicted molar refractivity (Wildman–Crippen MR) is 132 cm³/mol. The lowest BCUT2D eigenvalue weighted by Crippen LogP contribution is -2.48. The molecular weight excluding hydrogens is 414 g/mol. The Bertz CT molecular complexity index is 975. The summed E-state index contributed by atoms with van der Waals surface area (Å²) in [5.41, 5.74) is 4.37. The molecule has 0 heterocycles. The number of urea groups is 1. The Morgan fingerprint density at radius 3 is 2.27 bits per heavy atom. The van der Waals surface area contributed by atoms with Crippen molar-refractivity contribution in [2.45, 2.75) is 72.6 Å². The van der Waals surface area contributed by atoms with Gasteiger partial charge in [0.15, 0.2) is 0 Å². The molecule has 2 aromatic rings. The van der Waals surface area contributed by atoms with Crippen LogP contribution in [0.5, 0.6) is 0 Å². The van der Waals surface area contributed by atoms with Crippen LogP contribution in [0.3, 0.4) is 0 Å². The third-order valence-corrected chi connectivity index (χ3v) is 6.40. The van der Waals surface area contributed by atoms with Gasteiger partial charge in [0, 0.05) is 23.7 Å². The highest BCUT2D eigenvalue weighted by molar-refractivity contribution is 5.89. The molecule has 178 valence electrons. The van der Waals surface area contributed by atoms with E-state index < -0.39 is 11.5 Å². The van der Waals surface area contributed by atoms with Gasteiger partial charge < -0.3 is 20.6 Å². The van der Waals surface area contributed by atoms with Crippen molar-refractivity contribution >= 4 is 17.6 Å². The molecule has 0 bridgehead atoms.